The Bertz CT molecular complexity index is 108. The summed E-state index contributed by atoms with van der Waals surface area (Å²) < 4.78 is 0. The van der Waals surface area contributed by atoms with Crippen molar-refractivity contribution in [3.05, 3.63) is 0 Å². The molecule has 0 saturated heterocycles. The van der Waals surface area contributed by atoms with Crippen LogP contribution in [0.25, 0.3) is 0 Å². The molecule has 11 heteroatoms. The predicted octanol–water partition coefficient (Wildman–Crippen LogP) is -6.33. The van der Waals surface area contributed by atoms with Gasteiger partial charge in [-0.15, -0.1) is 0 Å². The summed E-state index contributed by atoms with van der Waals surface area (Å²) in [5.41, 5.74) is 9.02. The highest BCUT2D eigenvalue weighted by atomic mass is 16.4. The molecule has 0 bridgehead atoms. The number of quaternary nitrogens is 2. The summed E-state index contributed by atoms with van der Waals surface area (Å²) in [6, 6.07) is 0. The summed E-state index contributed by atoms with van der Waals surface area (Å²) in [5.74, 6) is -2.44. The van der Waals surface area contributed by atoms with Crippen molar-refractivity contribution < 1.29 is 36.2 Å². The molecule has 0 rings (SSSR count). The monoisotopic (exact) mass is 238 g/mol. The Kier molecular flexibility index (Phi) is 128. The summed E-state index contributed by atoms with van der Waals surface area (Å²) in [6.45, 7) is -0.778. The third kappa shape index (κ3) is 203. The van der Waals surface area contributed by atoms with Crippen LogP contribution in [0.2, 0.25) is 0 Å². The van der Waals surface area contributed by atoms with Crippen LogP contribution in [0.4, 0.5) is 0 Å². The third-order valence-electron chi connectivity index (χ3n) is 0.333. The topological polar surface area (TPSA) is 300 Å². The maximum Gasteiger partial charge on any atom is 0.0550 e. The maximum absolute atomic E-state index is 9.13. The molecule has 0 radical (unpaired) electrons. The molecule has 15 heavy (non-hydrogen) atoms. The lowest BCUT2D eigenvalue weighted by molar-refractivity contribution is -0.304. The van der Waals surface area contributed by atoms with Crippen LogP contribution in [0.1, 0.15) is 0 Å². The average molecular weight is 238 g/mol. The van der Waals surface area contributed by atoms with E-state index in [0.717, 1.165) is 0 Å². The van der Waals surface area contributed by atoms with E-state index in [1.807, 2.05) is 0 Å². The van der Waals surface area contributed by atoms with Gasteiger partial charge in [-0.05, 0) is 0 Å². The second kappa shape index (κ2) is 38.8. The van der Waals surface area contributed by atoms with Crippen molar-refractivity contribution in [2.24, 2.45) is 11.5 Å². The number of hydrogen-bond donors (Lipinski definition) is 4. The van der Waals surface area contributed by atoms with Gasteiger partial charge in [0.05, 0.1) is 11.9 Å². The summed E-state index contributed by atoms with van der Waals surface area (Å²) >= 11 is 0. The first-order valence-electron chi connectivity index (χ1n) is 2.34. The molecule has 18 N–H and O–H groups in total. The Morgan fingerprint density at radius 3 is 0.867 bits per heavy atom. The molecule has 11 nitrogen and oxygen atoms in total. The molecule has 0 aromatic rings. The average Bonchev–Trinajstić information content (AvgIpc) is 1.89. The quantitative estimate of drug-likeness (QED) is 0.361. The highest BCUT2D eigenvalue weighted by Crippen LogP contribution is 1.34. The van der Waals surface area contributed by atoms with Crippen LogP contribution < -0.4 is 34.0 Å². The van der Waals surface area contributed by atoms with Crippen molar-refractivity contribution in [2.45, 2.75) is 0 Å². The number of carboxylic acid groups (broad SMARTS) is 2. The van der Waals surface area contributed by atoms with E-state index in [-0.39, 0.29) is 41.8 Å². The van der Waals surface area contributed by atoms with Gasteiger partial charge in [-0.2, -0.15) is 0 Å². The molecule has 0 aliphatic heterocycles. The molecule has 0 unspecified atom stereocenters. The second-order valence-electron chi connectivity index (χ2n) is 1.15. The van der Waals surface area contributed by atoms with Gasteiger partial charge in [-0.1, -0.05) is 0 Å². The van der Waals surface area contributed by atoms with Crippen LogP contribution in [-0.4, -0.2) is 41.5 Å². The highest BCUT2D eigenvalue weighted by Gasteiger charge is 1.65. The van der Waals surface area contributed by atoms with Gasteiger partial charge in [-0.3, -0.25) is 0 Å². The maximum atomic E-state index is 9.13. The standard InChI is InChI=1S/2C2H5NO2.2H3N.3H2O/c2*3-1-2(4)5;;;;;/h2*1,3H2,(H,4,5);2*1H3;3*1H2. The lowest BCUT2D eigenvalue weighted by Gasteiger charge is -1.87. The number of hydrogen-bond acceptors (Lipinski definition) is 6. The molecule has 0 amide bonds. The highest BCUT2D eigenvalue weighted by molar-refractivity contribution is 5.66. The summed E-state index contributed by atoms with van der Waals surface area (Å²) in [5, 5.41) is 18.3. The van der Waals surface area contributed by atoms with Crippen LogP contribution in [0, 0.1) is 0 Å². The molecule has 0 aliphatic rings. The normalized spacial score (nSPS) is 4.93. The molecule has 0 fully saturated rings. The van der Waals surface area contributed by atoms with E-state index in [1.165, 1.54) is 0 Å². The molecule has 0 heterocycles. The fourth-order valence-corrected chi connectivity index (χ4v) is 0. The summed E-state index contributed by atoms with van der Waals surface area (Å²) in [6.07, 6.45) is 0. The zero-order valence-electron chi connectivity index (χ0n) is 8.70. The van der Waals surface area contributed by atoms with E-state index in [2.05, 4.69) is 11.5 Å². The molecule has 0 spiro atoms. The van der Waals surface area contributed by atoms with Crippen molar-refractivity contribution in [3.8, 4) is 0 Å². The first-order valence-corrected chi connectivity index (χ1v) is 2.34. The molecule has 0 aromatic heterocycles. The molecule has 100 valence electrons. The number of nitrogens with two attached hydrogens (primary N) is 2. The van der Waals surface area contributed by atoms with E-state index in [9.17, 15) is 0 Å². The summed E-state index contributed by atoms with van der Waals surface area (Å²) in [7, 11) is 0. The van der Waals surface area contributed by atoms with Crippen LogP contribution >= 0.6 is 0 Å². The number of carbonyl (C=O) groups is 2. The minimum absolute atomic E-state index is 0. The zero-order valence-corrected chi connectivity index (χ0v) is 8.70. The van der Waals surface area contributed by atoms with E-state index in [0.29, 0.717) is 0 Å². The Balaban J connectivity index is -0.0000000128. The number of aliphatic carboxylic acids is 2. The van der Waals surface area contributed by atoms with Gasteiger partial charge in [-0.25, -0.2) is 0 Å². The molecule has 0 atom stereocenters. The molecular formula is C4H22N4O7. The van der Waals surface area contributed by atoms with Gasteiger partial charge in [0.25, 0.3) is 0 Å². The van der Waals surface area contributed by atoms with E-state index < -0.39 is 11.9 Å². The van der Waals surface area contributed by atoms with Gasteiger partial charge < -0.3 is 60.0 Å². The van der Waals surface area contributed by atoms with Gasteiger partial charge in [0.15, 0.2) is 0 Å². The number of carbonyl (C=O) groups excluding carboxylic acids is 2. The van der Waals surface area contributed by atoms with Crippen molar-refractivity contribution in [1.82, 2.24) is 12.3 Å². The smallest absolute Gasteiger partial charge is 0.0550 e. The fourth-order valence-electron chi connectivity index (χ4n) is 0. The Labute approximate surface area is 86.1 Å². The van der Waals surface area contributed by atoms with Crippen LogP contribution in [0.15, 0.2) is 0 Å². The Morgan fingerprint density at radius 2 is 0.867 bits per heavy atom. The predicted molar refractivity (Wildman–Crippen MR) is 50.9 cm³/mol. The lowest BCUT2D eigenvalue weighted by Crippen LogP contribution is -2.30. The lowest BCUT2D eigenvalue weighted by atomic mass is 10.7. The van der Waals surface area contributed by atoms with Gasteiger partial charge in [0.1, 0.15) is 0 Å². The van der Waals surface area contributed by atoms with E-state index >= 15 is 0 Å². The second-order valence-corrected chi connectivity index (χ2v) is 1.15. The van der Waals surface area contributed by atoms with Gasteiger partial charge in [0, 0.05) is 13.1 Å². The molecule has 0 aromatic carbocycles. The Hall–Kier alpha value is -1.34. The molecule has 0 aliphatic carbocycles. The summed E-state index contributed by atoms with van der Waals surface area (Å²) in [4.78, 5) is 18.3. The number of rotatable bonds is 2. The fraction of sp³-hybridized carbons (Fsp3) is 0.500. The zero-order chi connectivity index (χ0) is 8.57. The van der Waals surface area contributed by atoms with Crippen LogP contribution in [-0.2, 0) is 9.59 Å². The van der Waals surface area contributed by atoms with Crippen LogP contribution in [0.3, 0.4) is 0 Å². The van der Waals surface area contributed by atoms with Crippen molar-refractivity contribution in [2.75, 3.05) is 13.1 Å². The van der Waals surface area contributed by atoms with Crippen molar-refractivity contribution >= 4 is 11.9 Å². The van der Waals surface area contributed by atoms with Crippen LogP contribution in [0.5, 0.6) is 0 Å². The minimum Gasteiger partial charge on any atom is -0.549 e. The first kappa shape index (κ1) is 49.4. The van der Waals surface area contributed by atoms with Crippen molar-refractivity contribution in [3.63, 3.8) is 0 Å². The Morgan fingerprint density at radius 1 is 0.800 bits per heavy atom. The molecular weight excluding hydrogens is 216 g/mol. The van der Waals surface area contributed by atoms with E-state index in [4.69, 9.17) is 19.8 Å². The SMILES string of the molecule is NCC(=O)[O-].NCC(=O)[O-].O.O.O.[NH4+].[NH4+]. The first-order chi connectivity index (χ1) is 4.54. The van der Waals surface area contributed by atoms with Crippen molar-refractivity contribution in [1.29, 1.82) is 0 Å². The third-order valence-corrected chi connectivity index (χ3v) is 0.333. The van der Waals surface area contributed by atoms with E-state index in [1.54, 1.807) is 0 Å². The molecule has 0 saturated carbocycles. The van der Waals surface area contributed by atoms with Gasteiger partial charge >= 0.3 is 0 Å². The van der Waals surface area contributed by atoms with Gasteiger partial charge in [0.2, 0.25) is 0 Å². The largest absolute Gasteiger partial charge is 0.549 e. The number of carboxylic acids is 2. The minimum atomic E-state index is -1.22.